The van der Waals surface area contributed by atoms with Crippen molar-refractivity contribution in [3.63, 3.8) is 0 Å². The van der Waals surface area contributed by atoms with Gasteiger partial charge < -0.3 is 4.57 Å². The third-order valence-corrected chi connectivity index (χ3v) is 2.57. The third-order valence-electron chi connectivity index (χ3n) is 2.04. The van der Waals surface area contributed by atoms with E-state index in [9.17, 15) is 0 Å². The number of rotatable bonds is 2. The molecule has 0 N–H and O–H groups in total. The zero-order chi connectivity index (χ0) is 10.7. The largest absolute Gasteiger partial charge is 0.357 e. The summed E-state index contributed by atoms with van der Waals surface area (Å²) in [6, 6.07) is 9.95. The van der Waals surface area contributed by atoms with Crippen LogP contribution in [0.2, 0.25) is 0 Å². The summed E-state index contributed by atoms with van der Waals surface area (Å²) >= 11 is 3.39. The summed E-state index contributed by atoms with van der Waals surface area (Å²) in [4.78, 5) is 4.37. The molecular weight excluding hydrogens is 252 g/mol. The second-order valence-electron chi connectivity index (χ2n) is 3.34. The molecule has 0 unspecified atom stereocenters. The van der Waals surface area contributed by atoms with E-state index in [0.717, 1.165) is 15.7 Å². The SMILES string of the molecule is Cn1ccc(C=Nc2ccc(Br)cc2)c1. The quantitative estimate of drug-likeness (QED) is 0.737. The molecule has 1 aromatic heterocycles. The number of halogens is 1. The second kappa shape index (κ2) is 4.45. The maximum atomic E-state index is 4.37. The van der Waals surface area contributed by atoms with Crippen molar-refractivity contribution in [1.29, 1.82) is 0 Å². The number of aliphatic imine (C=N–C) groups is 1. The molecule has 0 radical (unpaired) electrons. The highest BCUT2D eigenvalue weighted by Crippen LogP contribution is 2.16. The molecule has 76 valence electrons. The number of hydrogen-bond donors (Lipinski definition) is 0. The lowest BCUT2D eigenvalue weighted by Crippen LogP contribution is -1.79. The highest BCUT2D eigenvalue weighted by molar-refractivity contribution is 9.10. The van der Waals surface area contributed by atoms with Crippen molar-refractivity contribution < 1.29 is 0 Å². The third kappa shape index (κ3) is 2.80. The molecule has 2 rings (SSSR count). The van der Waals surface area contributed by atoms with Crippen LogP contribution >= 0.6 is 15.9 Å². The Morgan fingerprint density at radius 1 is 1.20 bits per heavy atom. The molecule has 0 saturated heterocycles. The molecule has 0 aliphatic rings. The Morgan fingerprint density at radius 3 is 2.53 bits per heavy atom. The first-order valence-electron chi connectivity index (χ1n) is 4.66. The average molecular weight is 263 g/mol. The lowest BCUT2D eigenvalue weighted by molar-refractivity contribution is 0.927. The Hall–Kier alpha value is -1.35. The van der Waals surface area contributed by atoms with Crippen LogP contribution in [-0.2, 0) is 7.05 Å². The second-order valence-corrected chi connectivity index (χ2v) is 4.26. The van der Waals surface area contributed by atoms with Gasteiger partial charge in [0.25, 0.3) is 0 Å². The molecule has 2 nitrogen and oxygen atoms in total. The molecule has 2 aromatic rings. The maximum absolute atomic E-state index is 4.37. The summed E-state index contributed by atoms with van der Waals surface area (Å²) in [5, 5.41) is 0. The van der Waals surface area contributed by atoms with Crippen LogP contribution in [0.1, 0.15) is 5.56 Å². The van der Waals surface area contributed by atoms with Gasteiger partial charge in [-0.2, -0.15) is 0 Å². The van der Waals surface area contributed by atoms with Gasteiger partial charge in [-0.25, -0.2) is 0 Å². The standard InChI is InChI=1S/C12H11BrN2/c1-15-7-6-10(9-15)8-14-12-4-2-11(13)3-5-12/h2-9H,1H3. The van der Waals surface area contributed by atoms with Crippen LogP contribution in [0.5, 0.6) is 0 Å². The van der Waals surface area contributed by atoms with Crippen LogP contribution in [0.15, 0.2) is 52.2 Å². The molecular formula is C12H11BrN2. The predicted molar refractivity (Wildman–Crippen MR) is 66.8 cm³/mol. The topological polar surface area (TPSA) is 17.3 Å². The monoisotopic (exact) mass is 262 g/mol. The van der Waals surface area contributed by atoms with Crippen molar-refractivity contribution >= 4 is 27.8 Å². The maximum Gasteiger partial charge on any atom is 0.0630 e. The Labute approximate surface area is 97.4 Å². The van der Waals surface area contributed by atoms with E-state index in [4.69, 9.17) is 0 Å². The highest BCUT2D eigenvalue weighted by Gasteiger charge is 1.91. The molecule has 1 aromatic carbocycles. The molecule has 0 aliphatic carbocycles. The Morgan fingerprint density at radius 2 is 1.93 bits per heavy atom. The zero-order valence-corrected chi connectivity index (χ0v) is 9.98. The fraction of sp³-hybridized carbons (Fsp3) is 0.0833. The van der Waals surface area contributed by atoms with E-state index in [1.165, 1.54) is 0 Å². The zero-order valence-electron chi connectivity index (χ0n) is 8.39. The summed E-state index contributed by atoms with van der Waals surface area (Å²) in [5.74, 6) is 0. The Kier molecular flexibility index (Phi) is 3.02. The summed E-state index contributed by atoms with van der Waals surface area (Å²) in [6.45, 7) is 0. The van der Waals surface area contributed by atoms with Gasteiger partial charge in [0, 0.05) is 35.7 Å². The van der Waals surface area contributed by atoms with E-state index in [-0.39, 0.29) is 0 Å². The van der Waals surface area contributed by atoms with Crippen LogP contribution in [0.25, 0.3) is 0 Å². The van der Waals surface area contributed by atoms with E-state index in [1.807, 2.05) is 60.6 Å². The molecule has 15 heavy (non-hydrogen) atoms. The fourth-order valence-corrected chi connectivity index (χ4v) is 1.54. The van der Waals surface area contributed by atoms with Gasteiger partial charge in [0.2, 0.25) is 0 Å². The van der Waals surface area contributed by atoms with Gasteiger partial charge in [-0.3, -0.25) is 4.99 Å². The van der Waals surface area contributed by atoms with Gasteiger partial charge in [0.15, 0.2) is 0 Å². The van der Waals surface area contributed by atoms with Crippen LogP contribution < -0.4 is 0 Å². The molecule has 0 fully saturated rings. The van der Waals surface area contributed by atoms with Crippen molar-refractivity contribution in [3.05, 3.63) is 52.8 Å². The molecule has 3 heteroatoms. The minimum Gasteiger partial charge on any atom is -0.357 e. The van der Waals surface area contributed by atoms with Crippen LogP contribution in [-0.4, -0.2) is 10.8 Å². The van der Waals surface area contributed by atoms with Crippen molar-refractivity contribution in [1.82, 2.24) is 4.57 Å². The summed E-state index contributed by atoms with van der Waals surface area (Å²) in [5.41, 5.74) is 2.07. The van der Waals surface area contributed by atoms with Crippen molar-refractivity contribution in [2.45, 2.75) is 0 Å². The van der Waals surface area contributed by atoms with E-state index < -0.39 is 0 Å². The van der Waals surface area contributed by atoms with E-state index in [2.05, 4.69) is 20.9 Å². The molecule has 0 amide bonds. The van der Waals surface area contributed by atoms with Crippen molar-refractivity contribution in [2.75, 3.05) is 0 Å². The predicted octanol–water partition coefficient (Wildman–Crippen LogP) is 3.54. The molecule has 0 saturated carbocycles. The molecule has 0 spiro atoms. The molecule has 0 bridgehead atoms. The number of nitrogens with zero attached hydrogens (tertiary/aromatic N) is 2. The smallest absolute Gasteiger partial charge is 0.0630 e. The number of aromatic nitrogens is 1. The minimum atomic E-state index is 0.960. The number of hydrogen-bond acceptors (Lipinski definition) is 1. The normalized spacial score (nSPS) is 11.1. The molecule has 0 aliphatic heterocycles. The van der Waals surface area contributed by atoms with Gasteiger partial charge in [0.05, 0.1) is 5.69 Å². The van der Waals surface area contributed by atoms with E-state index >= 15 is 0 Å². The number of benzene rings is 1. The van der Waals surface area contributed by atoms with Crippen molar-refractivity contribution in [3.8, 4) is 0 Å². The first-order valence-corrected chi connectivity index (χ1v) is 5.45. The van der Waals surface area contributed by atoms with Crippen LogP contribution in [0.3, 0.4) is 0 Å². The molecule has 0 atom stereocenters. The van der Waals surface area contributed by atoms with Gasteiger partial charge in [-0.05, 0) is 30.3 Å². The lowest BCUT2D eigenvalue weighted by Gasteiger charge is -1.92. The Balaban J connectivity index is 2.14. The number of aryl methyl sites for hydroxylation is 1. The van der Waals surface area contributed by atoms with Gasteiger partial charge >= 0.3 is 0 Å². The van der Waals surface area contributed by atoms with Crippen LogP contribution in [0.4, 0.5) is 5.69 Å². The van der Waals surface area contributed by atoms with E-state index in [0.29, 0.717) is 0 Å². The summed E-state index contributed by atoms with van der Waals surface area (Å²) in [7, 11) is 2.00. The fourth-order valence-electron chi connectivity index (χ4n) is 1.28. The average Bonchev–Trinajstić information content (AvgIpc) is 2.64. The summed E-state index contributed by atoms with van der Waals surface area (Å²) < 4.78 is 3.07. The van der Waals surface area contributed by atoms with Crippen molar-refractivity contribution in [2.24, 2.45) is 12.0 Å². The molecule has 1 heterocycles. The van der Waals surface area contributed by atoms with E-state index in [1.54, 1.807) is 0 Å². The Bertz CT molecular complexity index is 469. The highest BCUT2D eigenvalue weighted by atomic mass is 79.9. The van der Waals surface area contributed by atoms with Crippen LogP contribution in [0, 0.1) is 0 Å². The first-order chi connectivity index (χ1) is 7.24. The van der Waals surface area contributed by atoms with Gasteiger partial charge in [-0.15, -0.1) is 0 Å². The minimum absolute atomic E-state index is 0.960. The first kappa shape index (κ1) is 10.2. The lowest BCUT2D eigenvalue weighted by atomic mass is 10.3. The van der Waals surface area contributed by atoms with Gasteiger partial charge in [-0.1, -0.05) is 15.9 Å². The summed E-state index contributed by atoms with van der Waals surface area (Å²) in [6.07, 6.45) is 5.90. The van der Waals surface area contributed by atoms with Gasteiger partial charge in [0.1, 0.15) is 0 Å².